The lowest BCUT2D eigenvalue weighted by molar-refractivity contribution is 0.0775. The van der Waals surface area contributed by atoms with Gasteiger partial charge in [-0.3, -0.25) is 4.79 Å². The summed E-state index contributed by atoms with van der Waals surface area (Å²) in [7, 11) is 1.76. The molecule has 3 aromatic rings. The van der Waals surface area contributed by atoms with Crippen molar-refractivity contribution in [3.05, 3.63) is 65.2 Å². The molecule has 0 fully saturated rings. The van der Waals surface area contributed by atoms with E-state index in [1.54, 1.807) is 29.4 Å². The Morgan fingerprint density at radius 2 is 2.05 bits per heavy atom. The minimum atomic E-state index is -0.148. The van der Waals surface area contributed by atoms with E-state index in [0.717, 1.165) is 10.4 Å². The molecular weight excluding hydrogens is 284 g/mol. The fourth-order valence-electron chi connectivity index (χ4n) is 2.04. The molecule has 0 atom stereocenters. The van der Waals surface area contributed by atoms with Crippen LogP contribution in [-0.4, -0.2) is 23.0 Å². The van der Waals surface area contributed by atoms with Gasteiger partial charge in [0.05, 0.1) is 4.88 Å². The van der Waals surface area contributed by atoms with Gasteiger partial charge in [0.2, 0.25) is 0 Å². The van der Waals surface area contributed by atoms with Gasteiger partial charge in [-0.05, 0) is 17.0 Å². The molecule has 1 amide bonds. The summed E-state index contributed by atoms with van der Waals surface area (Å²) >= 11 is 1.55. The Kier molecular flexibility index (Phi) is 3.83. The highest BCUT2D eigenvalue weighted by molar-refractivity contribution is 7.13. The van der Waals surface area contributed by atoms with Gasteiger partial charge in [-0.2, -0.15) is 0 Å². The lowest BCUT2D eigenvalue weighted by atomic mass is 10.2. The highest BCUT2D eigenvalue weighted by Crippen LogP contribution is 2.25. The Hall–Kier alpha value is -2.40. The number of aromatic nitrogens is 1. The lowest BCUT2D eigenvalue weighted by Crippen LogP contribution is -2.26. The molecular formula is C16H14N2O2S. The molecule has 0 bridgehead atoms. The first-order valence-corrected chi connectivity index (χ1v) is 7.42. The molecule has 0 aliphatic carbocycles. The first-order valence-electron chi connectivity index (χ1n) is 6.54. The number of nitrogens with zero attached hydrogens (tertiary/aromatic N) is 2. The molecule has 4 nitrogen and oxygen atoms in total. The van der Waals surface area contributed by atoms with Gasteiger partial charge >= 0.3 is 0 Å². The Morgan fingerprint density at radius 1 is 1.24 bits per heavy atom. The number of benzene rings is 1. The lowest BCUT2D eigenvalue weighted by Gasteiger charge is -2.15. The maximum atomic E-state index is 12.3. The van der Waals surface area contributed by atoms with Crippen LogP contribution < -0.4 is 0 Å². The van der Waals surface area contributed by atoms with Gasteiger partial charge in [-0.1, -0.05) is 41.6 Å². The maximum absolute atomic E-state index is 12.3. The second-order valence-electron chi connectivity index (χ2n) is 4.70. The molecule has 2 aromatic heterocycles. The molecule has 0 saturated carbocycles. The van der Waals surface area contributed by atoms with Crippen LogP contribution in [0.3, 0.4) is 0 Å². The van der Waals surface area contributed by atoms with Gasteiger partial charge in [0.25, 0.3) is 5.91 Å². The summed E-state index contributed by atoms with van der Waals surface area (Å²) in [6.45, 7) is 0.543. The minimum Gasteiger partial charge on any atom is -0.355 e. The summed E-state index contributed by atoms with van der Waals surface area (Å²) in [5, 5.41) is 5.83. The van der Waals surface area contributed by atoms with Crippen LogP contribution in [0.25, 0.3) is 10.6 Å². The van der Waals surface area contributed by atoms with E-state index >= 15 is 0 Å². The molecule has 2 heterocycles. The highest BCUT2D eigenvalue weighted by atomic mass is 32.1. The maximum Gasteiger partial charge on any atom is 0.276 e. The molecule has 0 saturated heterocycles. The predicted molar refractivity (Wildman–Crippen MR) is 82.1 cm³/mol. The minimum absolute atomic E-state index is 0.148. The Morgan fingerprint density at radius 3 is 2.76 bits per heavy atom. The quantitative estimate of drug-likeness (QED) is 0.738. The van der Waals surface area contributed by atoms with Crippen LogP contribution >= 0.6 is 11.3 Å². The van der Waals surface area contributed by atoms with Crippen molar-refractivity contribution in [3.8, 4) is 10.6 Å². The third-order valence-electron chi connectivity index (χ3n) is 3.10. The van der Waals surface area contributed by atoms with E-state index < -0.39 is 0 Å². The van der Waals surface area contributed by atoms with Crippen molar-refractivity contribution in [2.45, 2.75) is 6.54 Å². The number of carbonyl (C=O) groups excluding carboxylic acids is 1. The molecule has 21 heavy (non-hydrogen) atoms. The van der Waals surface area contributed by atoms with E-state index in [0.29, 0.717) is 18.0 Å². The third kappa shape index (κ3) is 3.03. The number of thiophene rings is 1. The Bertz CT molecular complexity index is 720. The molecule has 5 heteroatoms. The average molecular weight is 298 g/mol. The summed E-state index contributed by atoms with van der Waals surface area (Å²) in [5.74, 6) is 0.479. The van der Waals surface area contributed by atoms with E-state index in [2.05, 4.69) is 5.16 Å². The molecule has 0 aliphatic heterocycles. The summed E-state index contributed by atoms with van der Waals surface area (Å²) in [5.41, 5.74) is 1.41. The molecule has 0 unspecified atom stereocenters. The molecule has 0 radical (unpaired) electrons. The van der Waals surface area contributed by atoms with Gasteiger partial charge in [-0.15, -0.1) is 11.3 Å². The van der Waals surface area contributed by atoms with Gasteiger partial charge in [0.1, 0.15) is 0 Å². The summed E-state index contributed by atoms with van der Waals surface area (Å²) < 4.78 is 5.24. The monoisotopic (exact) mass is 298 g/mol. The van der Waals surface area contributed by atoms with Crippen LogP contribution in [0.1, 0.15) is 16.1 Å². The first-order chi connectivity index (χ1) is 10.2. The Balaban J connectivity index is 1.73. The molecule has 106 valence electrons. The molecule has 1 aromatic carbocycles. The molecule has 0 spiro atoms. The van der Waals surface area contributed by atoms with E-state index in [9.17, 15) is 4.79 Å². The number of carbonyl (C=O) groups is 1. The van der Waals surface area contributed by atoms with Crippen molar-refractivity contribution in [2.75, 3.05) is 7.05 Å². The van der Waals surface area contributed by atoms with Crippen LogP contribution in [0.15, 0.2) is 58.4 Å². The van der Waals surface area contributed by atoms with E-state index in [1.807, 2.05) is 47.8 Å². The zero-order chi connectivity index (χ0) is 14.7. The SMILES string of the molecule is CN(Cc1ccccc1)C(=O)c1cc(-c2cccs2)on1. The van der Waals surface area contributed by atoms with E-state index in [-0.39, 0.29) is 5.91 Å². The van der Waals surface area contributed by atoms with Crippen molar-refractivity contribution in [2.24, 2.45) is 0 Å². The van der Waals surface area contributed by atoms with Crippen LogP contribution in [0.4, 0.5) is 0 Å². The fourth-order valence-corrected chi connectivity index (χ4v) is 2.71. The smallest absolute Gasteiger partial charge is 0.276 e. The zero-order valence-electron chi connectivity index (χ0n) is 11.5. The van der Waals surface area contributed by atoms with Crippen LogP contribution in [-0.2, 0) is 6.54 Å². The van der Waals surface area contributed by atoms with Crippen LogP contribution in [0.2, 0.25) is 0 Å². The van der Waals surface area contributed by atoms with Crippen LogP contribution in [0, 0.1) is 0 Å². The molecule has 0 N–H and O–H groups in total. The normalized spacial score (nSPS) is 10.5. The second kappa shape index (κ2) is 5.93. The zero-order valence-corrected chi connectivity index (χ0v) is 12.3. The van der Waals surface area contributed by atoms with Crippen molar-refractivity contribution in [1.82, 2.24) is 10.1 Å². The first kappa shape index (κ1) is 13.6. The number of amides is 1. The third-order valence-corrected chi connectivity index (χ3v) is 3.99. The van der Waals surface area contributed by atoms with E-state index in [1.165, 1.54) is 0 Å². The number of hydrogen-bond donors (Lipinski definition) is 0. The number of rotatable bonds is 4. The molecule has 3 rings (SSSR count). The van der Waals surface area contributed by atoms with Crippen molar-refractivity contribution in [1.29, 1.82) is 0 Å². The summed E-state index contributed by atoms with van der Waals surface area (Å²) in [6, 6.07) is 15.4. The highest BCUT2D eigenvalue weighted by Gasteiger charge is 2.18. The Labute approximate surface area is 126 Å². The topological polar surface area (TPSA) is 46.3 Å². The van der Waals surface area contributed by atoms with Crippen molar-refractivity contribution < 1.29 is 9.32 Å². The van der Waals surface area contributed by atoms with Crippen molar-refractivity contribution >= 4 is 17.2 Å². The summed E-state index contributed by atoms with van der Waals surface area (Å²) in [6.07, 6.45) is 0. The molecule has 0 aliphatic rings. The van der Waals surface area contributed by atoms with Crippen LogP contribution in [0.5, 0.6) is 0 Å². The second-order valence-corrected chi connectivity index (χ2v) is 5.65. The largest absolute Gasteiger partial charge is 0.355 e. The van der Waals surface area contributed by atoms with Gasteiger partial charge in [0.15, 0.2) is 11.5 Å². The van der Waals surface area contributed by atoms with Gasteiger partial charge < -0.3 is 9.42 Å². The van der Waals surface area contributed by atoms with Gasteiger partial charge in [-0.25, -0.2) is 0 Å². The van der Waals surface area contributed by atoms with E-state index in [4.69, 9.17) is 4.52 Å². The summed E-state index contributed by atoms with van der Waals surface area (Å²) in [4.78, 5) is 14.9. The standard InChI is InChI=1S/C16H14N2O2S/c1-18(11-12-6-3-2-4-7-12)16(19)13-10-14(20-17-13)15-8-5-9-21-15/h2-10H,11H2,1H3. The van der Waals surface area contributed by atoms with Crippen molar-refractivity contribution in [3.63, 3.8) is 0 Å². The van der Waals surface area contributed by atoms with Gasteiger partial charge in [0, 0.05) is 19.7 Å². The number of hydrogen-bond acceptors (Lipinski definition) is 4. The predicted octanol–water partition coefficient (Wildman–Crippen LogP) is 3.68. The average Bonchev–Trinajstić information content (AvgIpc) is 3.18. The fraction of sp³-hybridized carbons (Fsp3) is 0.125.